The first-order valence-corrected chi connectivity index (χ1v) is 9.66. The molecule has 0 atom stereocenters. The third-order valence-corrected chi connectivity index (χ3v) is 5.17. The van der Waals surface area contributed by atoms with Crippen molar-refractivity contribution in [3.63, 3.8) is 0 Å². The van der Waals surface area contributed by atoms with Gasteiger partial charge in [0, 0.05) is 5.41 Å². The van der Waals surface area contributed by atoms with Crippen molar-refractivity contribution < 1.29 is 14.3 Å². The highest BCUT2D eigenvalue weighted by Gasteiger charge is 2.28. The zero-order valence-electron chi connectivity index (χ0n) is 17.6. The molecule has 0 saturated heterocycles. The maximum absolute atomic E-state index is 12.2. The molecule has 3 heteroatoms. The molecule has 0 N–H and O–H groups in total. The largest absolute Gasteiger partial charge is 0.491 e. The zero-order chi connectivity index (χ0) is 20.2. The lowest BCUT2D eigenvalue weighted by molar-refractivity contribution is -0.144. The van der Waals surface area contributed by atoms with E-state index >= 15 is 0 Å². The quantitative estimate of drug-likeness (QED) is 0.435. The molecule has 3 nitrogen and oxygen atoms in total. The van der Waals surface area contributed by atoms with Gasteiger partial charge < -0.3 is 9.47 Å². The lowest BCUT2D eigenvalue weighted by atomic mass is 9.78. The Morgan fingerprint density at radius 1 is 0.852 bits per heavy atom. The fourth-order valence-corrected chi connectivity index (χ4v) is 2.72. The first-order valence-electron chi connectivity index (χ1n) is 9.66. The monoisotopic (exact) mass is 368 g/mol. The van der Waals surface area contributed by atoms with E-state index in [2.05, 4.69) is 26.0 Å². The van der Waals surface area contributed by atoms with Crippen LogP contribution < -0.4 is 9.47 Å². The summed E-state index contributed by atoms with van der Waals surface area (Å²) in [5.41, 5.74) is 1.73. The molecule has 146 valence electrons. The Labute approximate surface area is 163 Å². The van der Waals surface area contributed by atoms with E-state index in [4.69, 9.17) is 9.47 Å². The van der Waals surface area contributed by atoms with Gasteiger partial charge in [0.2, 0.25) is 0 Å². The van der Waals surface area contributed by atoms with Crippen LogP contribution in [-0.4, -0.2) is 12.1 Å². The lowest BCUT2D eigenvalue weighted by Crippen LogP contribution is -2.28. The van der Waals surface area contributed by atoms with Crippen molar-refractivity contribution >= 4 is 5.97 Å². The predicted molar refractivity (Wildman–Crippen MR) is 110 cm³/mol. The van der Waals surface area contributed by atoms with Gasteiger partial charge in [-0.2, -0.15) is 0 Å². The molecule has 0 fully saturated rings. The molecule has 0 unspecified atom stereocenters. The Hall–Kier alpha value is -2.29. The molecule has 0 spiro atoms. The predicted octanol–water partition coefficient (Wildman–Crippen LogP) is 6.14. The number of hydrogen-bond acceptors (Lipinski definition) is 3. The smallest absolute Gasteiger partial charge is 0.316 e. The van der Waals surface area contributed by atoms with E-state index < -0.39 is 5.41 Å². The van der Waals surface area contributed by atoms with Crippen LogP contribution in [0.5, 0.6) is 11.5 Å². The first-order chi connectivity index (χ1) is 12.6. The number of carbonyl (C=O) groups is 1. The maximum Gasteiger partial charge on any atom is 0.316 e. The van der Waals surface area contributed by atoms with Gasteiger partial charge in [-0.25, -0.2) is 0 Å². The second-order valence-corrected chi connectivity index (χ2v) is 8.47. The van der Waals surface area contributed by atoms with Gasteiger partial charge in [-0.05, 0) is 69.5 Å². The minimum Gasteiger partial charge on any atom is -0.491 e. The van der Waals surface area contributed by atoms with E-state index in [-0.39, 0.29) is 17.5 Å². The number of rotatable bonds is 7. The summed E-state index contributed by atoms with van der Waals surface area (Å²) in [6, 6.07) is 16.0. The van der Waals surface area contributed by atoms with Gasteiger partial charge in [0.25, 0.3) is 0 Å². The van der Waals surface area contributed by atoms with Crippen LogP contribution in [-0.2, 0) is 10.2 Å². The highest BCUT2D eigenvalue weighted by atomic mass is 16.5. The van der Waals surface area contributed by atoms with Crippen LogP contribution in [0.15, 0.2) is 48.5 Å². The molecule has 0 aliphatic heterocycles. The SMILES string of the molecule is CCC(C)(C)C(=O)Oc1ccc(C(C)(C)c2ccc(OC(C)C)cc2)cc1. The van der Waals surface area contributed by atoms with Crippen LogP contribution in [0.4, 0.5) is 0 Å². The van der Waals surface area contributed by atoms with Gasteiger partial charge in [0.15, 0.2) is 0 Å². The average Bonchev–Trinajstić information content (AvgIpc) is 2.62. The molecule has 2 aromatic carbocycles. The van der Waals surface area contributed by atoms with Crippen molar-refractivity contribution in [1.29, 1.82) is 0 Å². The summed E-state index contributed by atoms with van der Waals surface area (Å²) in [7, 11) is 0. The van der Waals surface area contributed by atoms with Crippen molar-refractivity contribution in [2.24, 2.45) is 5.41 Å². The fourth-order valence-electron chi connectivity index (χ4n) is 2.72. The van der Waals surface area contributed by atoms with E-state index in [9.17, 15) is 4.79 Å². The second-order valence-electron chi connectivity index (χ2n) is 8.47. The fraction of sp³-hybridized carbons (Fsp3) is 0.458. The molecule has 0 aliphatic carbocycles. The number of carbonyl (C=O) groups excluding carboxylic acids is 1. The minimum atomic E-state index is -0.474. The molecule has 2 aromatic rings. The van der Waals surface area contributed by atoms with Crippen LogP contribution in [0.1, 0.15) is 66.0 Å². The van der Waals surface area contributed by atoms with Gasteiger partial charge in [-0.3, -0.25) is 4.79 Å². The van der Waals surface area contributed by atoms with Gasteiger partial charge >= 0.3 is 5.97 Å². The molecule has 0 heterocycles. The third-order valence-electron chi connectivity index (χ3n) is 5.17. The topological polar surface area (TPSA) is 35.5 Å². The molecule has 0 amide bonds. The van der Waals surface area contributed by atoms with Crippen LogP contribution >= 0.6 is 0 Å². The summed E-state index contributed by atoms with van der Waals surface area (Å²) < 4.78 is 11.3. The summed E-state index contributed by atoms with van der Waals surface area (Å²) >= 11 is 0. The molecule has 0 aromatic heterocycles. The molecule has 0 radical (unpaired) electrons. The van der Waals surface area contributed by atoms with E-state index in [1.54, 1.807) is 0 Å². The number of ether oxygens (including phenoxy) is 2. The highest BCUT2D eigenvalue weighted by molar-refractivity contribution is 5.78. The molecular formula is C24H32O3. The molecular weight excluding hydrogens is 336 g/mol. The summed E-state index contributed by atoms with van der Waals surface area (Å²) in [5.74, 6) is 1.27. The van der Waals surface area contributed by atoms with Crippen molar-refractivity contribution in [2.45, 2.75) is 66.4 Å². The van der Waals surface area contributed by atoms with Gasteiger partial charge in [0.05, 0.1) is 11.5 Å². The average molecular weight is 369 g/mol. The van der Waals surface area contributed by atoms with Gasteiger partial charge in [0.1, 0.15) is 11.5 Å². The van der Waals surface area contributed by atoms with E-state index in [1.165, 1.54) is 5.56 Å². The molecule has 0 saturated carbocycles. The summed E-state index contributed by atoms with van der Waals surface area (Å²) in [4.78, 5) is 12.2. The van der Waals surface area contributed by atoms with Crippen molar-refractivity contribution in [1.82, 2.24) is 0 Å². The van der Waals surface area contributed by atoms with E-state index in [0.717, 1.165) is 17.7 Å². The first kappa shape index (κ1) is 21.0. The second kappa shape index (κ2) is 8.16. The Bertz CT molecular complexity index is 753. The molecule has 27 heavy (non-hydrogen) atoms. The van der Waals surface area contributed by atoms with Crippen LogP contribution in [0.25, 0.3) is 0 Å². The zero-order valence-corrected chi connectivity index (χ0v) is 17.6. The van der Waals surface area contributed by atoms with Crippen LogP contribution in [0, 0.1) is 5.41 Å². The number of hydrogen-bond donors (Lipinski definition) is 0. The van der Waals surface area contributed by atoms with Crippen molar-refractivity contribution in [2.75, 3.05) is 0 Å². The van der Waals surface area contributed by atoms with E-state index in [0.29, 0.717) is 5.75 Å². The summed E-state index contributed by atoms with van der Waals surface area (Å²) in [5, 5.41) is 0. The van der Waals surface area contributed by atoms with Crippen molar-refractivity contribution in [3.8, 4) is 11.5 Å². The van der Waals surface area contributed by atoms with Crippen molar-refractivity contribution in [3.05, 3.63) is 59.7 Å². The summed E-state index contributed by atoms with van der Waals surface area (Å²) in [6.45, 7) is 14.2. The van der Waals surface area contributed by atoms with Crippen LogP contribution in [0.2, 0.25) is 0 Å². The molecule has 2 rings (SSSR count). The third kappa shape index (κ3) is 5.12. The van der Waals surface area contributed by atoms with Gasteiger partial charge in [-0.1, -0.05) is 45.0 Å². The Morgan fingerprint density at radius 3 is 1.70 bits per heavy atom. The molecule has 0 aliphatic rings. The van der Waals surface area contributed by atoms with E-state index in [1.807, 2.05) is 71.0 Å². The Kier molecular flexibility index (Phi) is 6.35. The normalized spacial score (nSPS) is 12.1. The maximum atomic E-state index is 12.2. The minimum absolute atomic E-state index is 0.164. The summed E-state index contributed by atoms with van der Waals surface area (Å²) in [6.07, 6.45) is 0.907. The standard InChI is InChI=1S/C24H32O3/c1-8-23(4,5)22(25)27-21-15-11-19(12-16-21)24(6,7)18-9-13-20(14-10-18)26-17(2)3/h9-17H,8H2,1-7H3. The molecule has 0 bridgehead atoms. The van der Waals surface area contributed by atoms with Gasteiger partial charge in [-0.15, -0.1) is 0 Å². The Balaban J connectivity index is 2.16. The Morgan fingerprint density at radius 2 is 1.30 bits per heavy atom. The number of esters is 1. The van der Waals surface area contributed by atoms with Crippen LogP contribution in [0.3, 0.4) is 0 Å². The highest BCUT2D eigenvalue weighted by Crippen LogP contribution is 2.34. The number of benzene rings is 2. The lowest BCUT2D eigenvalue weighted by Gasteiger charge is -2.27.